The predicted molar refractivity (Wildman–Crippen MR) is 124 cm³/mol. The van der Waals surface area contributed by atoms with Gasteiger partial charge in [-0.15, -0.1) is 0 Å². The number of amides is 2. The van der Waals surface area contributed by atoms with Gasteiger partial charge in [0.15, 0.2) is 0 Å². The van der Waals surface area contributed by atoms with E-state index >= 15 is 0 Å². The molecule has 1 N–H and O–H groups in total. The number of hydrogen-bond acceptors (Lipinski definition) is 4. The van der Waals surface area contributed by atoms with Crippen molar-refractivity contribution < 1.29 is 14.3 Å². The molecule has 2 amide bonds. The third-order valence-electron chi connectivity index (χ3n) is 7.02. The van der Waals surface area contributed by atoms with Crippen molar-refractivity contribution >= 4 is 22.8 Å². The lowest BCUT2D eigenvalue weighted by molar-refractivity contribution is -0.135. The molecule has 33 heavy (non-hydrogen) atoms. The average Bonchev–Trinajstić information content (AvgIpc) is 3.22. The van der Waals surface area contributed by atoms with Crippen molar-refractivity contribution in [3.63, 3.8) is 0 Å². The Bertz CT molecular complexity index is 1260. The number of fused-ring (bicyclic) bond motifs is 2. The zero-order valence-electron chi connectivity index (χ0n) is 18.9. The number of rotatable bonds is 4. The largest absolute Gasteiger partial charge is 0.497 e. The molecule has 3 atom stereocenters. The number of methoxy groups -OCH3 is 1. The van der Waals surface area contributed by atoms with Crippen LogP contribution in [-0.4, -0.2) is 45.0 Å². The first-order chi connectivity index (χ1) is 16.0. The van der Waals surface area contributed by atoms with Crippen LogP contribution in [0.3, 0.4) is 0 Å². The minimum absolute atomic E-state index is 0.0375. The summed E-state index contributed by atoms with van der Waals surface area (Å²) in [6.07, 6.45) is 2.62. The Hall–Kier alpha value is -3.55. The normalized spacial score (nSPS) is 22.7. The molecule has 2 aromatic carbocycles. The van der Waals surface area contributed by atoms with Gasteiger partial charge in [0.25, 0.3) is 0 Å². The number of aromatic nitrogens is 2. The smallest absolute Gasteiger partial charge is 0.329 e. The molecule has 0 unspecified atom stereocenters. The maximum Gasteiger partial charge on any atom is 0.329 e. The monoisotopic (exact) mass is 448 g/mol. The van der Waals surface area contributed by atoms with Crippen LogP contribution in [0.2, 0.25) is 0 Å². The summed E-state index contributed by atoms with van der Waals surface area (Å²) in [7, 11) is 3.34. The zero-order chi connectivity index (χ0) is 23.1. The Morgan fingerprint density at radius 1 is 1.09 bits per heavy atom. The summed E-state index contributed by atoms with van der Waals surface area (Å²) in [4.78, 5) is 40.9. The molecule has 1 aromatic heterocycles. The van der Waals surface area contributed by atoms with Crippen molar-refractivity contribution in [1.82, 2.24) is 19.4 Å². The first-order valence-electron chi connectivity index (χ1n) is 11.4. The highest BCUT2D eigenvalue weighted by molar-refractivity contribution is 5.82. The van der Waals surface area contributed by atoms with Crippen LogP contribution in [0, 0.1) is 0 Å². The molecule has 2 fully saturated rings. The molecule has 2 saturated heterocycles. The fourth-order valence-corrected chi connectivity index (χ4v) is 5.40. The summed E-state index contributed by atoms with van der Waals surface area (Å²) in [5.41, 5.74) is 2.32. The molecule has 5 rings (SSSR count). The highest BCUT2D eigenvalue weighted by Gasteiger charge is 2.45. The Kier molecular flexibility index (Phi) is 5.44. The number of likely N-dealkylation sites (tertiary alicyclic amines) is 1. The van der Waals surface area contributed by atoms with Crippen LogP contribution < -0.4 is 15.7 Å². The molecule has 2 aliphatic rings. The number of ether oxygens (including phenoxy) is 1. The number of carbonyl (C=O) groups is 2. The number of imidazole rings is 1. The molecular formula is C25H28N4O4. The van der Waals surface area contributed by atoms with Crippen LogP contribution in [0.25, 0.3) is 11.0 Å². The summed E-state index contributed by atoms with van der Waals surface area (Å²) >= 11 is 0. The number of carbonyl (C=O) groups excluding carboxylic acids is 2. The molecule has 0 radical (unpaired) electrons. The Balaban J connectivity index is 1.52. The first kappa shape index (κ1) is 21.3. The van der Waals surface area contributed by atoms with Gasteiger partial charge in [0.05, 0.1) is 36.3 Å². The van der Waals surface area contributed by atoms with E-state index in [1.54, 1.807) is 23.3 Å². The van der Waals surface area contributed by atoms with E-state index in [-0.39, 0.29) is 42.2 Å². The Labute approximate surface area is 191 Å². The lowest BCUT2D eigenvalue weighted by Gasteiger charge is -2.31. The molecule has 3 aromatic rings. The number of hydrogen-bond donors (Lipinski definition) is 1. The van der Waals surface area contributed by atoms with Gasteiger partial charge in [0.1, 0.15) is 12.3 Å². The third kappa shape index (κ3) is 3.69. The van der Waals surface area contributed by atoms with Gasteiger partial charge in [0.2, 0.25) is 11.8 Å². The molecule has 3 heterocycles. The third-order valence-corrected chi connectivity index (χ3v) is 7.02. The van der Waals surface area contributed by atoms with Crippen LogP contribution >= 0.6 is 0 Å². The molecule has 8 heteroatoms. The van der Waals surface area contributed by atoms with Gasteiger partial charge >= 0.3 is 5.69 Å². The number of benzene rings is 2. The Morgan fingerprint density at radius 2 is 1.82 bits per heavy atom. The van der Waals surface area contributed by atoms with Gasteiger partial charge in [-0.2, -0.15) is 0 Å². The maximum atomic E-state index is 13.8. The number of nitrogens with one attached hydrogen (secondary N) is 1. The molecule has 0 spiro atoms. The molecular weight excluding hydrogens is 420 g/mol. The SMILES string of the molecule is COc1ccc([C@H]2C[C@@H]3NC(=O)CCC[C@H]3N2C(=O)Cn2c(=O)n(C)c3ccccc32)cc1. The Morgan fingerprint density at radius 3 is 2.55 bits per heavy atom. The van der Waals surface area contributed by atoms with E-state index < -0.39 is 0 Å². The summed E-state index contributed by atoms with van der Waals surface area (Å²) in [5, 5.41) is 3.13. The maximum absolute atomic E-state index is 13.8. The summed E-state index contributed by atoms with van der Waals surface area (Å²) in [6, 6.07) is 14.8. The minimum Gasteiger partial charge on any atom is -0.497 e. The number of para-hydroxylation sites is 2. The van der Waals surface area contributed by atoms with Crippen molar-refractivity contribution in [3.05, 3.63) is 64.6 Å². The van der Waals surface area contributed by atoms with Crippen molar-refractivity contribution in [1.29, 1.82) is 0 Å². The van der Waals surface area contributed by atoms with E-state index in [2.05, 4.69) is 5.32 Å². The molecule has 8 nitrogen and oxygen atoms in total. The van der Waals surface area contributed by atoms with Gasteiger partial charge in [-0.05, 0) is 49.1 Å². The van der Waals surface area contributed by atoms with Crippen molar-refractivity contribution in [2.24, 2.45) is 7.05 Å². The van der Waals surface area contributed by atoms with Gasteiger partial charge < -0.3 is 15.0 Å². The highest BCUT2D eigenvalue weighted by atomic mass is 16.5. The van der Waals surface area contributed by atoms with Crippen LogP contribution in [0.5, 0.6) is 5.75 Å². The quantitative estimate of drug-likeness (QED) is 0.664. The van der Waals surface area contributed by atoms with Crippen LogP contribution in [-0.2, 0) is 23.2 Å². The van der Waals surface area contributed by atoms with E-state index in [1.165, 1.54) is 0 Å². The fraction of sp³-hybridized carbons (Fsp3) is 0.400. The lowest BCUT2D eigenvalue weighted by Crippen LogP contribution is -2.46. The minimum atomic E-state index is -0.213. The molecule has 0 aliphatic carbocycles. The molecule has 2 aliphatic heterocycles. The second kappa shape index (κ2) is 8.42. The number of aryl methyl sites for hydroxylation is 1. The topological polar surface area (TPSA) is 85.6 Å². The lowest BCUT2D eigenvalue weighted by atomic mass is 10.0. The van der Waals surface area contributed by atoms with Crippen LogP contribution in [0.4, 0.5) is 0 Å². The van der Waals surface area contributed by atoms with Gasteiger partial charge in [-0.25, -0.2) is 4.79 Å². The van der Waals surface area contributed by atoms with Gasteiger partial charge in [-0.3, -0.25) is 18.7 Å². The van der Waals surface area contributed by atoms with Crippen molar-refractivity contribution in [2.45, 2.75) is 50.4 Å². The van der Waals surface area contributed by atoms with Gasteiger partial charge in [-0.1, -0.05) is 24.3 Å². The van der Waals surface area contributed by atoms with Crippen LogP contribution in [0.1, 0.15) is 37.3 Å². The summed E-state index contributed by atoms with van der Waals surface area (Å²) in [6.45, 7) is -0.0377. The molecule has 0 bridgehead atoms. The van der Waals surface area contributed by atoms with E-state index in [4.69, 9.17) is 4.74 Å². The van der Waals surface area contributed by atoms with E-state index in [0.29, 0.717) is 12.8 Å². The standard InChI is InChI=1S/C25H28N4O4/c1-27-20-6-3-4-7-21(20)28(25(27)32)15-24(31)29-19-8-5-9-23(30)26-18(19)14-22(29)16-10-12-17(33-2)13-11-16/h3-4,6-7,10-13,18-19,22H,5,8-9,14-15H2,1-2H3,(H,26,30)/t18-,19+,22+/m0/s1. The van der Waals surface area contributed by atoms with Crippen molar-refractivity contribution in [3.8, 4) is 5.75 Å². The summed E-state index contributed by atoms with van der Waals surface area (Å²) < 4.78 is 8.41. The first-order valence-corrected chi connectivity index (χ1v) is 11.4. The second-order valence-electron chi connectivity index (χ2n) is 8.88. The van der Waals surface area contributed by atoms with E-state index in [9.17, 15) is 14.4 Å². The van der Waals surface area contributed by atoms with E-state index in [1.807, 2.05) is 53.4 Å². The van der Waals surface area contributed by atoms with Crippen LogP contribution in [0.15, 0.2) is 53.3 Å². The van der Waals surface area contributed by atoms with E-state index in [0.717, 1.165) is 35.2 Å². The fourth-order valence-electron chi connectivity index (χ4n) is 5.40. The highest BCUT2D eigenvalue weighted by Crippen LogP contribution is 2.40. The number of nitrogens with zero attached hydrogens (tertiary/aromatic N) is 3. The predicted octanol–water partition coefficient (Wildman–Crippen LogP) is 2.36. The summed E-state index contributed by atoms with van der Waals surface area (Å²) in [5.74, 6) is 0.674. The van der Waals surface area contributed by atoms with Gasteiger partial charge in [0, 0.05) is 13.5 Å². The second-order valence-corrected chi connectivity index (χ2v) is 8.88. The van der Waals surface area contributed by atoms with Crippen molar-refractivity contribution in [2.75, 3.05) is 7.11 Å². The molecule has 172 valence electrons. The zero-order valence-corrected chi connectivity index (χ0v) is 18.9. The molecule has 0 saturated carbocycles. The average molecular weight is 449 g/mol.